The van der Waals surface area contributed by atoms with E-state index in [1.54, 1.807) is 6.08 Å². The molecule has 78 heavy (non-hydrogen) atoms. The molecule has 1 saturated heterocycles. The van der Waals surface area contributed by atoms with Crippen LogP contribution in [-0.4, -0.2) is 99.6 Å². The molecule has 8 unspecified atom stereocenters. The lowest BCUT2D eigenvalue weighted by molar-refractivity contribution is -0.305. The van der Waals surface area contributed by atoms with Gasteiger partial charge in [-0.3, -0.25) is 9.59 Å². The fourth-order valence-corrected chi connectivity index (χ4v) is 9.69. The summed E-state index contributed by atoms with van der Waals surface area (Å²) >= 11 is 0. The number of aliphatic hydroxyl groups is 5. The van der Waals surface area contributed by atoms with Crippen molar-refractivity contribution in [2.24, 2.45) is 0 Å². The number of hydrogen-bond donors (Lipinski definition) is 6. The largest absolute Gasteiger partial charge is 0.454 e. The van der Waals surface area contributed by atoms with Crippen molar-refractivity contribution in [1.29, 1.82) is 0 Å². The molecule has 11 nitrogen and oxygen atoms in total. The maximum Gasteiger partial charge on any atom is 0.306 e. The molecular formula is C67H119NO10. The molecular weight excluding hydrogens is 979 g/mol. The Morgan fingerprint density at radius 2 is 0.885 bits per heavy atom. The van der Waals surface area contributed by atoms with Crippen LogP contribution in [0.25, 0.3) is 0 Å². The number of esters is 1. The van der Waals surface area contributed by atoms with Crippen LogP contribution in [0.5, 0.6) is 0 Å². The van der Waals surface area contributed by atoms with Gasteiger partial charge in [0.15, 0.2) is 12.4 Å². The molecule has 0 saturated carbocycles. The summed E-state index contributed by atoms with van der Waals surface area (Å²) in [6.45, 7) is 5.73. The Kier molecular flexibility index (Phi) is 51.3. The highest BCUT2D eigenvalue weighted by Crippen LogP contribution is 2.26. The molecule has 0 aliphatic carbocycles. The number of carbonyl (C=O) groups is 2. The van der Waals surface area contributed by atoms with Gasteiger partial charge in [-0.1, -0.05) is 248 Å². The summed E-state index contributed by atoms with van der Waals surface area (Å²) in [4.78, 5) is 26.6. The van der Waals surface area contributed by atoms with Gasteiger partial charge in [0.25, 0.3) is 0 Å². The molecule has 1 heterocycles. The number of rotatable bonds is 54. The van der Waals surface area contributed by atoms with Crippen molar-refractivity contribution in [3.05, 3.63) is 72.9 Å². The summed E-state index contributed by atoms with van der Waals surface area (Å²) in [6, 6.07) is -1.03. The molecule has 11 heteroatoms. The lowest BCUT2D eigenvalue weighted by atomic mass is 9.99. The zero-order valence-electron chi connectivity index (χ0n) is 50.0. The minimum absolute atomic E-state index is 0.0960. The number of nitrogens with one attached hydrogen (secondary N) is 1. The van der Waals surface area contributed by atoms with Gasteiger partial charge >= 0.3 is 5.97 Å². The summed E-state index contributed by atoms with van der Waals surface area (Å²) < 4.78 is 17.6. The second kappa shape index (κ2) is 54.7. The van der Waals surface area contributed by atoms with Crippen LogP contribution in [0.4, 0.5) is 0 Å². The van der Waals surface area contributed by atoms with Gasteiger partial charge in [-0.15, -0.1) is 0 Å². The SMILES string of the molecule is CCCCC/C=C\C/C=C\C/C=C\CCCCCCC(=O)OC1C(OCC(NC(=O)C(O)CCCCCCCCCCCC/C=C\C/C=C\CCCCC)C(O)/C=C/CCCCCCCCCCCC)OC(CO)C(O)C1O. The van der Waals surface area contributed by atoms with Crippen LogP contribution >= 0.6 is 0 Å². The van der Waals surface area contributed by atoms with Crippen LogP contribution in [0, 0.1) is 0 Å². The molecule has 452 valence electrons. The van der Waals surface area contributed by atoms with Crippen molar-refractivity contribution in [3.63, 3.8) is 0 Å². The number of aliphatic hydroxyl groups excluding tert-OH is 5. The number of amides is 1. The Labute approximate surface area is 477 Å². The maximum atomic E-state index is 13.4. The normalized spacial score (nSPS) is 19.4. The van der Waals surface area contributed by atoms with E-state index in [9.17, 15) is 35.1 Å². The monoisotopic (exact) mass is 1100 g/mol. The Morgan fingerprint density at radius 1 is 0.500 bits per heavy atom. The van der Waals surface area contributed by atoms with Crippen molar-refractivity contribution < 1.29 is 49.3 Å². The summed E-state index contributed by atoms with van der Waals surface area (Å²) in [5.74, 6) is -1.22. The molecule has 0 aromatic carbocycles. The molecule has 0 bridgehead atoms. The fourth-order valence-electron chi connectivity index (χ4n) is 9.69. The van der Waals surface area contributed by atoms with Crippen molar-refractivity contribution in [2.75, 3.05) is 13.2 Å². The predicted molar refractivity (Wildman–Crippen MR) is 324 cm³/mol. The second-order valence-corrected chi connectivity index (χ2v) is 22.1. The average Bonchev–Trinajstić information content (AvgIpc) is 3.45. The van der Waals surface area contributed by atoms with Gasteiger partial charge < -0.3 is 45.1 Å². The minimum Gasteiger partial charge on any atom is -0.454 e. The highest BCUT2D eigenvalue weighted by atomic mass is 16.7. The molecule has 1 amide bonds. The zero-order chi connectivity index (χ0) is 56.8. The van der Waals surface area contributed by atoms with Crippen LogP contribution in [0.2, 0.25) is 0 Å². The van der Waals surface area contributed by atoms with E-state index in [-0.39, 0.29) is 19.4 Å². The summed E-state index contributed by atoms with van der Waals surface area (Å²) in [5.41, 5.74) is 0. The van der Waals surface area contributed by atoms with Crippen molar-refractivity contribution in [2.45, 2.75) is 327 Å². The summed E-state index contributed by atoms with van der Waals surface area (Å²) in [5, 5.41) is 57.0. The molecule has 1 rings (SSSR count). The average molecular weight is 1100 g/mol. The molecule has 0 aromatic heterocycles. The van der Waals surface area contributed by atoms with Gasteiger partial charge in [0.2, 0.25) is 5.91 Å². The molecule has 0 radical (unpaired) electrons. The van der Waals surface area contributed by atoms with E-state index in [4.69, 9.17) is 14.2 Å². The number of allylic oxidation sites excluding steroid dienone is 11. The number of carbonyl (C=O) groups excluding carboxylic acids is 2. The third-order valence-corrected chi connectivity index (χ3v) is 14.8. The van der Waals surface area contributed by atoms with Gasteiger partial charge in [-0.2, -0.15) is 0 Å². The van der Waals surface area contributed by atoms with Crippen LogP contribution < -0.4 is 5.32 Å². The molecule has 0 aromatic rings. The van der Waals surface area contributed by atoms with Crippen LogP contribution in [0.3, 0.4) is 0 Å². The molecule has 6 N–H and O–H groups in total. The number of hydrogen-bond acceptors (Lipinski definition) is 10. The Balaban J connectivity index is 2.67. The third-order valence-electron chi connectivity index (χ3n) is 14.8. The highest BCUT2D eigenvalue weighted by Gasteiger charge is 2.47. The van der Waals surface area contributed by atoms with E-state index in [1.807, 2.05) is 6.08 Å². The quantitative estimate of drug-likeness (QED) is 0.0195. The Hall–Kier alpha value is -2.90. The smallest absolute Gasteiger partial charge is 0.306 e. The Bertz CT molecular complexity index is 1540. The summed E-state index contributed by atoms with van der Waals surface area (Å²) in [7, 11) is 0. The maximum absolute atomic E-state index is 13.4. The van der Waals surface area contributed by atoms with Crippen molar-refractivity contribution in [1.82, 2.24) is 5.32 Å². The van der Waals surface area contributed by atoms with Gasteiger partial charge in [0.05, 0.1) is 25.4 Å². The van der Waals surface area contributed by atoms with Gasteiger partial charge in [-0.25, -0.2) is 0 Å². The van der Waals surface area contributed by atoms with E-state index in [2.05, 4.69) is 86.8 Å². The van der Waals surface area contributed by atoms with E-state index < -0.39 is 67.4 Å². The first-order valence-electron chi connectivity index (χ1n) is 32.2. The molecule has 0 spiro atoms. The number of unbranched alkanes of at least 4 members (excludes halogenated alkanes) is 30. The highest BCUT2D eigenvalue weighted by molar-refractivity contribution is 5.80. The summed E-state index contributed by atoms with van der Waals surface area (Å²) in [6.07, 6.45) is 59.3. The fraction of sp³-hybridized carbons (Fsp3) is 0.791. The first-order chi connectivity index (χ1) is 38.2. The Morgan fingerprint density at radius 3 is 1.35 bits per heavy atom. The first kappa shape index (κ1) is 73.1. The van der Waals surface area contributed by atoms with Crippen molar-refractivity contribution >= 4 is 11.9 Å². The van der Waals surface area contributed by atoms with Gasteiger partial charge in [0.1, 0.15) is 24.4 Å². The van der Waals surface area contributed by atoms with Gasteiger partial charge in [-0.05, 0) is 96.3 Å². The molecule has 1 aliphatic heterocycles. The van der Waals surface area contributed by atoms with E-state index >= 15 is 0 Å². The predicted octanol–water partition coefficient (Wildman–Crippen LogP) is 15.6. The molecule has 1 fully saturated rings. The second-order valence-electron chi connectivity index (χ2n) is 22.1. The first-order valence-corrected chi connectivity index (χ1v) is 32.2. The van der Waals surface area contributed by atoms with E-state index in [0.29, 0.717) is 12.8 Å². The van der Waals surface area contributed by atoms with Crippen LogP contribution in [-0.2, 0) is 23.8 Å². The minimum atomic E-state index is -1.63. The molecule has 1 aliphatic rings. The van der Waals surface area contributed by atoms with Gasteiger partial charge in [0, 0.05) is 6.42 Å². The zero-order valence-corrected chi connectivity index (χ0v) is 50.0. The number of ether oxygens (including phenoxy) is 3. The lowest BCUT2D eigenvalue weighted by Crippen LogP contribution is -2.61. The standard InChI is InChI=1S/C67H119NO10/c1-4-7-10-13-16-19-22-25-27-29-30-31-33-34-36-39-42-45-48-51-54-60(71)66(75)68-58(59(70)53-50-47-44-41-38-24-21-18-15-12-9-6-3)57-76-67-65(64(74)63(73)61(56-69)77-67)78-62(72)55-52-49-46-43-40-37-35-32-28-26-23-20-17-14-11-8-5-2/h16-17,19-20,25-28,35,37,50,53,58-61,63-65,67,69-71,73-74H,4-15,18,21-24,29-34,36,38-49,51-52,54-57H2,1-3H3,(H,68,75)/b19-16-,20-17-,27-25-,28-26-,37-35-,53-50+. The van der Waals surface area contributed by atoms with Crippen molar-refractivity contribution in [3.8, 4) is 0 Å². The van der Waals surface area contributed by atoms with Crippen LogP contribution in [0.1, 0.15) is 278 Å². The lowest BCUT2D eigenvalue weighted by Gasteiger charge is -2.41. The molecule has 8 atom stereocenters. The van der Waals surface area contributed by atoms with E-state index in [1.165, 1.54) is 135 Å². The third kappa shape index (κ3) is 42.0. The van der Waals surface area contributed by atoms with Crippen LogP contribution in [0.15, 0.2) is 72.9 Å². The topological polar surface area (TPSA) is 175 Å². The van der Waals surface area contributed by atoms with E-state index in [0.717, 1.165) is 96.3 Å².